The summed E-state index contributed by atoms with van der Waals surface area (Å²) in [7, 11) is 1.88. The fraction of sp³-hybridized carbons (Fsp3) is 0.517. The van der Waals surface area contributed by atoms with Crippen molar-refractivity contribution in [2.24, 2.45) is 0 Å². The lowest BCUT2D eigenvalue weighted by molar-refractivity contribution is 0.0917. The molecule has 0 radical (unpaired) electrons. The van der Waals surface area contributed by atoms with Gasteiger partial charge in [-0.1, -0.05) is 12.1 Å². The Morgan fingerprint density at radius 2 is 1.73 bits per heavy atom. The fourth-order valence-corrected chi connectivity index (χ4v) is 4.99. The van der Waals surface area contributed by atoms with Crippen molar-refractivity contribution in [3.8, 4) is 11.3 Å². The second-order valence-corrected chi connectivity index (χ2v) is 10.2. The summed E-state index contributed by atoms with van der Waals surface area (Å²) in [6, 6.07) is 11.9. The van der Waals surface area contributed by atoms with Crippen LogP contribution in [0.2, 0.25) is 0 Å². The van der Waals surface area contributed by atoms with E-state index in [4.69, 9.17) is 29.2 Å². The van der Waals surface area contributed by atoms with Crippen LogP contribution in [0.25, 0.3) is 22.3 Å². The third-order valence-corrected chi connectivity index (χ3v) is 7.24. The molecule has 5 rings (SSSR count). The van der Waals surface area contributed by atoms with Crippen LogP contribution in [0.4, 0.5) is 11.8 Å². The predicted octanol–water partition coefficient (Wildman–Crippen LogP) is 2.11. The van der Waals surface area contributed by atoms with Crippen LogP contribution in [0.5, 0.6) is 0 Å². The molecule has 1 aromatic carbocycles. The van der Waals surface area contributed by atoms with E-state index < -0.39 is 0 Å². The summed E-state index contributed by atoms with van der Waals surface area (Å²) in [4.78, 5) is 32.2. The molecule has 2 atom stereocenters. The van der Waals surface area contributed by atoms with E-state index in [9.17, 15) is 4.79 Å². The lowest BCUT2D eigenvalue weighted by Crippen LogP contribution is -2.46. The van der Waals surface area contributed by atoms with Gasteiger partial charge < -0.3 is 34.6 Å². The average Bonchev–Trinajstić information content (AvgIpc) is 2.98. The maximum absolute atomic E-state index is 12.8. The molecule has 214 valence electrons. The highest BCUT2D eigenvalue weighted by Crippen LogP contribution is 2.31. The largest absolute Gasteiger partial charge is 0.378 e. The van der Waals surface area contributed by atoms with Gasteiger partial charge in [-0.2, -0.15) is 9.97 Å². The van der Waals surface area contributed by atoms with Crippen molar-refractivity contribution < 1.29 is 19.0 Å². The number of benzene rings is 1. The molecular formula is C29H39N7O4. The third-order valence-electron chi connectivity index (χ3n) is 7.24. The van der Waals surface area contributed by atoms with Crippen LogP contribution in [0.15, 0.2) is 36.4 Å². The number of ether oxygens (including phenoxy) is 3. The lowest BCUT2D eigenvalue weighted by Gasteiger charge is -2.37. The van der Waals surface area contributed by atoms with Crippen LogP contribution in [0.3, 0.4) is 0 Å². The van der Waals surface area contributed by atoms with Crippen molar-refractivity contribution in [1.82, 2.24) is 25.6 Å². The van der Waals surface area contributed by atoms with Crippen molar-refractivity contribution >= 4 is 28.7 Å². The van der Waals surface area contributed by atoms with Crippen LogP contribution < -0.4 is 20.4 Å². The molecule has 2 aliphatic heterocycles. The lowest BCUT2D eigenvalue weighted by atomic mass is 10.1. The molecule has 11 heteroatoms. The first-order valence-corrected chi connectivity index (χ1v) is 14.0. The number of nitrogens with one attached hydrogen (secondary N) is 2. The standard InChI is InChI=1S/C29H39N7O4/c1-20-18-39-15-11-35(20)27-24-7-8-25(32-26(24)33-29(34-27)36-12-16-40-19-21(36)2)22-5-4-6-23(17-22)28(37)31-10-14-38-13-9-30-3/h4-8,17,20-21,30H,9-16,18-19H2,1-3H3,(H,31,37)/t20-,21-/m1/s1. The molecule has 2 aliphatic rings. The van der Waals surface area contributed by atoms with Gasteiger partial charge in [-0.3, -0.25) is 4.79 Å². The molecule has 0 bridgehead atoms. The summed E-state index contributed by atoms with van der Waals surface area (Å²) in [6.07, 6.45) is 0. The van der Waals surface area contributed by atoms with Crippen LogP contribution in [-0.4, -0.2) is 106 Å². The number of morpholine rings is 2. The second kappa shape index (κ2) is 13.3. The van der Waals surface area contributed by atoms with Crippen molar-refractivity contribution in [3.63, 3.8) is 0 Å². The molecule has 2 fully saturated rings. The van der Waals surface area contributed by atoms with Crippen LogP contribution in [-0.2, 0) is 14.2 Å². The number of likely N-dealkylation sites (N-methyl/N-ethyl adjacent to an activating group) is 1. The van der Waals surface area contributed by atoms with Crippen molar-refractivity contribution in [3.05, 3.63) is 42.0 Å². The Morgan fingerprint density at radius 1 is 0.975 bits per heavy atom. The number of amides is 1. The Morgan fingerprint density at radius 3 is 2.48 bits per heavy atom. The molecular weight excluding hydrogens is 510 g/mol. The molecule has 0 spiro atoms. The smallest absolute Gasteiger partial charge is 0.251 e. The minimum Gasteiger partial charge on any atom is -0.378 e. The van der Waals surface area contributed by atoms with E-state index in [1.54, 1.807) is 6.07 Å². The van der Waals surface area contributed by atoms with Crippen molar-refractivity contribution in [2.75, 3.05) is 82.7 Å². The first-order chi connectivity index (χ1) is 19.5. The van der Waals surface area contributed by atoms with Crippen LogP contribution in [0, 0.1) is 0 Å². The number of hydrogen-bond donors (Lipinski definition) is 2. The van der Waals surface area contributed by atoms with E-state index >= 15 is 0 Å². The van der Waals surface area contributed by atoms with Gasteiger partial charge in [-0.05, 0) is 45.2 Å². The Hall–Kier alpha value is -3.38. The topological polar surface area (TPSA) is 114 Å². The molecule has 3 aromatic rings. The van der Waals surface area contributed by atoms with Crippen molar-refractivity contribution in [1.29, 1.82) is 0 Å². The minimum atomic E-state index is -0.144. The third kappa shape index (κ3) is 6.49. The van der Waals surface area contributed by atoms with Gasteiger partial charge in [0.1, 0.15) is 5.82 Å². The quantitative estimate of drug-likeness (QED) is 0.365. The minimum absolute atomic E-state index is 0.144. The fourth-order valence-electron chi connectivity index (χ4n) is 4.99. The SMILES string of the molecule is CNCCOCCNC(=O)c1cccc(-c2ccc3c(N4CCOC[C@H]4C)nc(N4CCOC[C@H]4C)nc3n2)c1. The summed E-state index contributed by atoms with van der Waals surface area (Å²) < 4.78 is 16.8. The number of hydrogen-bond acceptors (Lipinski definition) is 10. The van der Waals surface area contributed by atoms with E-state index in [0.29, 0.717) is 63.3 Å². The molecule has 1 amide bonds. The number of fused-ring (bicyclic) bond motifs is 1. The first kappa shape index (κ1) is 28.2. The number of nitrogens with zero attached hydrogens (tertiary/aromatic N) is 5. The number of anilines is 2. The summed E-state index contributed by atoms with van der Waals surface area (Å²) >= 11 is 0. The zero-order valence-electron chi connectivity index (χ0n) is 23.6. The molecule has 0 unspecified atom stereocenters. The summed E-state index contributed by atoms with van der Waals surface area (Å²) in [6.45, 7) is 10.6. The normalized spacial score (nSPS) is 19.7. The molecule has 0 saturated carbocycles. The summed E-state index contributed by atoms with van der Waals surface area (Å²) in [5.74, 6) is 1.39. The molecule has 2 N–H and O–H groups in total. The van der Waals surface area contributed by atoms with Gasteiger partial charge in [0, 0.05) is 37.3 Å². The zero-order chi connectivity index (χ0) is 27.9. The van der Waals surface area contributed by atoms with E-state index in [2.05, 4.69) is 34.3 Å². The Balaban J connectivity index is 1.44. The Kier molecular flexibility index (Phi) is 9.38. The summed E-state index contributed by atoms with van der Waals surface area (Å²) in [5, 5.41) is 6.85. The van der Waals surface area contributed by atoms with E-state index in [1.165, 1.54) is 0 Å². The predicted molar refractivity (Wildman–Crippen MR) is 155 cm³/mol. The number of carbonyl (C=O) groups excluding carboxylic acids is 1. The highest BCUT2D eigenvalue weighted by molar-refractivity contribution is 5.96. The van der Waals surface area contributed by atoms with Gasteiger partial charge >= 0.3 is 0 Å². The van der Waals surface area contributed by atoms with Gasteiger partial charge in [0.25, 0.3) is 5.91 Å². The highest BCUT2D eigenvalue weighted by atomic mass is 16.5. The van der Waals surface area contributed by atoms with Crippen molar-refractivity contribution in [2.45, 2.75) is 25.9 Å². The molecule has 2 saturated heterocycles. The van der Waals surface area contributed by atoms with Crippen LogP contribution in [0.1, 0.15) is 24.2 Å². The Bertz CT molecular complexity index is 1310. The zero-order valence-corrected chi connectivity index (χ0v) is 23.6. The average molecular weight is 550 g/mol. The molecule has 0 aliphatic carbocycles. The van der Waals surface area contributed by atoms with E-state index in [0.717, 1.165) is 42.1 Å². The maximum atomic E-state index is 12.8. The molecule has 2 aromatic heterocycles. The Labute approximate surface area is 235 Å². The monoisotopic (exact) mass is 549 g/mol. The number of pyridine rings is 1. The maximum Gasteiger partial charge on any atom is 0.251 e. The molecule has 11 nitrogen and oxygen atoms in total. The molecule has 40 heavy (non-hydrogen) atoms. The number of rotatable bonds is 10. The number of aromatic nitrogens is 3. The summed E-state index contributed by atoms with van der Waals surface area (Å²) in [5.41, 5.74) is 2.80. The molecule has 4 heterocycles. The van der Waals surface area contributed by atoms with Gasteiger partial charge in [0.2, 0.25) is 5.95 Å². The van der Waals surface area contributed by atoms with E-state index in [-0.39, 0.29) is 18.0 Å². The van der Waals surface area contributed by atoms with Gasteiger partial charge in [0.15, 0.2) is 5.65 Å². The second-order valence-electron chi connectivity index (χ2n) is 10.2. The van der Waals surface area contributed by atoms with Crippen LogP contribution >= 0.6 is 0 Å². The van der Waals surface area contributed by atoms with Gasteiger partial charge in [-0.25, -0.2) is 4.98 Å². The van der Waals surface area contributed by atoms with E-state index in [1.807, 2.05) is 37.4 Å². The highest BCUT2D eigenvalue weighted by Gasteiger charge is 2.27. The first-order valence-electron chi connectivity index (χ1n) is 14.0. The number of carbonyl (C=O) groups is 1. The van der Waals surface area contributed by atoms with Gasteiger partial charge in [-0.15, -0.1) is 0 Å². The van der Waals surface area contributed by atoms with Gasteiger partial charge in [0.05, 0.1) is 62.8 Å².